The second-order valence-corrected chi connectivity index (χ2v) is 13.0. The predicted octanol–water partition coefficient (Wildman–Crippen LogP) is 5.75. The summed E-state index contributed by atoms with van der Waals surface area (Å²) in [5.74, 6) is -0.694. The number of hydrogen-bond donors (Lipinski definition) is 1. The second kappa shape index (κ2) is 11.6. The van der Waals surface area contributed by atoms with E-state index in [1.807, 2.05) is 33.8 Å². The van der Waals surface area contributed by atoms with Gasteiger partial charge in [-0.25, -0.2) is 14.2 Å². The maximum Gasteiger partial charge on any atom is 0.417 e. The largest absolute Gasteiger partial charge is 0.417 e. The molecule has 0 fully saturated rings. The molecule has 0 saturated carbocycles. The van der Waals surface area contributed by atoms with Gasteiger partial charge in [-0.1, -0.05) is 36.7 Å². The van der Waals surface area contributed by atoms with Gasteiger partial charge in [0.1, 0.15) is 0 Å². The third-order valence-corrected chi connectivity index (χ3v) is 8.53. The first-order valence-corrected chi connectivity index (χ1v) is 15.0. The molecule has 0 unspecified atom stereocenters. The highest BCUT2D eigenvalue weighted by Gasteiger charge is 2.36. The highest BCUT2D eigenvalue weighted by atomic mass is 79.9. The van der Waals surface area contributed by atoms with Gasteiger partial charge in [0.05, 0.1) is 29.2 Å². The maximum absolute atomic E-state index is 14.3. The van der Waals surface area contributed by atoms with E-state index in [4.69, 9.17) is 10.1 Å². The number of carbonyl (C=O) groups excluding carboxylic acids is 2. The fraction of sp³-hybridized carbons (Fsp3) is 0.344. The van der Waals surface area contributed by atoms with E-state index >= 15 is 0 Å². The molecule has 236 valence electrons. The topological polar surface area (TPSA) is 102 Å². The van der Waals surface area contributed by atoms with E-state index in [1.54, 1.807) is 35.9 Å². The van der Waals surface area contributed by atoms with Crippen molar-refractivity contribution < 1.29 is 22.8 Å². The second-order valence-electron chi connectivity index (χ2n) is 12.1. The molecule has 13 heteroatoms. The van der Waals surface area contributed by atoms with Crippen LogP contribution < -0.4 is 10.9 Å². The number of rotatable bonds is 4. The predicted molar refractivity (Wildman–Crippen MR) is 166 cm³/mol. The van der Waals surface area contributed by atoms with E-state index in [0.29, 0.717) is 28.2 Å². The molecule has 0 saturated heterocycles. The molecular weight excluding hydrogens is 653 g/mol. The molecule has 0 aliphatic carbocycles. The number of benzene rings is 2. The van der Waals surface area contributed by atoms with E-state index in [0.717, 1.165) is 11.8 Å². The van der Waals surface area contributed by atoms with Crippen LogP contribution in [-0.2, 0) is 24.6 Å². The lowest BCUT2D eigenvalue weighted by Gasteiger charge is -2.34. The molecule has 3 heterocycles. The van der Waals surface area contributed by atoms with Crippen LogP contribution in [0.4, 0.5) is 13.2 Å². The van der Waals surface area contributed by atoms with Crippen molar-refractivity contribution in [3.63, 3.8) is 0 Å². The van der Waals surface area contributed by atoms with Crippen molar-refractivity contribution in [2.45, 2.75) is 65.2 Å². The Labute approximate surface area is 266 Å². The zero-order chi connectivity index (χ0) is 33.0. The lowest BCUT2D eigenvalue weighted by atomic mass is 9.92. The van der Waals surface area contributed by atoms with Crippen molar-refractivity contribution in [1.29, 1.82) is 0 Å². The highest BCUT2D eigenvalue weighted by Crippen LogP contribution is 2.36. The van der Waals surface area contributed by atoms with Crippen LogP contribution in [0.1, 0.15) is 76.6 Å². The average molecular weight is 686 g/mol. The van der Waals surface area contributed by atoms with Gasteiger partial charge in [0, 0.05) is 45.4 Å². The molecule has 1 aliphatic heterocycles. The van der Waals surface area contributed by atoms with Crippen LogP contribution >= 0.6 is 15.9 Å². The first kappa shape index (κ1) is 32.1. The number of hydrogen-bond acceptors (Lipinski definition) is 5. The summed E-state index contributed by atoms with van der Waals surface area (Å²) in [6.45, 7) is 9.55. The molecule has 1 aliphatic rings. The van der Waals surface area contributed by atoms with Crippen molar-refractivity contribution in [2.24, 2.45) is 0 Å². The molecule has 2 amide bonds. The molecule has 4 aromatic rings. The van der Waals surface area contributed by atoms with E-state index in [9.17, 15) is 27.6 Å². The zero-order valence-corrected chi connectivity index (χ0v) is 27.2. The summed E-state index contributed by atoms with van der Waals surface area (Å²) >= 11 is 2.92. The van der Waals surface area contributed by atoms with Gasteiger partial charge < -0.3 is 10.2 Å². The molecule has 5 rings (SSSR count). The third kappa shape index (κ3) is 6.05. The number of halogens is 4. The summed E-state index contributed by atoms with van der Waals surface area (Å²) in [7, 11) is 1.53. The van der Waals surface area contributed by atoms with E-state index < -0.39 is 23.7 Å². The molecule has 2 aromatic carbocycles. The number of aryl methyl sites for hydroxylation is 1. The summed E-state index contributed by atoms with van der Waals surface area (Å²) in [5.41, 5.74) is 1.35. The lowest BCUT2D eigenvalue weighted by molar-refractivity contribution is -0.138. The molecule has 9 nitrogen and oxygen atoms in total. The summed E-state index contributed by atoms with van der Waals surface area (Å²) < 4.78 is 43.6. The fourth-order valence-corrected chi connectivity index (χ4v) is 5.76. The van der Waals surface area contributed by atoms with Gasteiger partial charge in [-0.3, -0.25) is 14.4 Å². The third-order valence-electron chi connectivity index (χ3n) is 7.84. The van der Waals surface area contributed by atoms with E-state index in [1.165, 1.54) is 28.6 Å². The summed E-state index contributed by atoms with van der Waals surface area (Å²) in [6, 6.07) is 11.3. The van der Waals surface area contributed by atoms with Crippen LogP contribution in [0.15, 0.2) is 57.8 Å². The van der Waals surface area contributed by atoms with Gasteiger partial charge in [0.15, 0.2) is 0 Å². The molecule has 0 radical (unpaired) electrons. The summed E-state index contributed by atoms with van der Waals surface area (Å²) in [5, 5.41) is 7.36. The Kier molecular flexibility index (Phi) is 8.28. The average Bonchev–Trinajstić information content (AvgIpc) is 3.38. The number of alkyl halides is 3. The number of carbonyl (C=O) groups is 2. The van der Waals surface area contributed by atoms with Crippen molar-refractivity contribution in [2.75, 3.05) is 7.05 Å². The Morgan fingerprint density at radius 1 is 1.02 bits per heavy atom. The minimum Gasteiger partial charge on any atom is -0.355 e. The van der Waals surface area contributed by atoms with Gasteiger partial charge in [-0.2, -0.15) is 18.3 Å². The summed E-state index contributed by atoms with van der Waals surface area (Å²) in [4.78, 5) is 46.3. The van der Waals surface area contributed by atoms with E-state index in [-0.39, 0.29) is 45.8 Å². The highest BCUT2D eigenvalue weighted by molar-refractivity contribution is 9.10. The number of amides is 2. The van der Waals surface area contributed by atoms with Crippen molar-refractivity contribution in [3.8, 4) is 11.6 Å². The molecule has 1 N–H and O–H groups in total. The van der Waals surface area contributed by atoms with Gasteiger partial charge in [0.25, 0.3) is 17.4 Å². The van der Waals surface area contributed by atoms with Gasteiger partial charge in [-0.15, -0.1) is 0 Å². The quantitative estimate of drug-likeness (QED) is 0.295. The SMILES string of the molecule is CNC(=O)c1ccc(-n2c(-n3nc(C(C)(C)C)cc3C)nc3c(c2=O)C[C@@H](C)N(C(=O)c2ccc(Br)c(C(F)(F)F)c2)C3)cc1. The first-order valence-electron chi connectivity index (χ1n) is 14.2. The Morgan fingerprint density at radius 3 is 2.24 bits per heavy atom. The minimum atomic E-state index is -4.65. The van der Waals surface area contributed by atoms with E-state index in [2.05, 4.69) is 21.2 Å². The standard InChI is InChI=1S/C32H32BrF3N6O3/c1-17-13-22-25(16-40(17)28(44)20-9-12-24(33)23(15-20)32(34,35)36)38-30(42-18(2)14-26(39-42)31(3,4)5)41(29(22)45)21-10-7-19(8-11-21)27(43)37-6/h7-12,14-15,17H,13,16H2,1-6H3,(H,37,43)/t17-/m1/s1. The van der Waals surface area contributed by atoms with Crippen molar-refractivity contribution >= 4 is 27.7 Å². The minimum absolute atomic E-state index is 0.0854. The fourth-order valence-electron chi connectivity index (χ4n) is 5.28. The van der Waals surface area contributed by atoms with Crippen LogP contribution in [0, 0.1) is 6.92 Å². The Balaban J connectivity index is 1.65. The first-order chi connectivity index (χ1) is 21.0. The number of aromatic nitrogens is 4. The molecule has 45 heavy (non-hydrogen) atoms. The molecule has 0 spiro atoms. The number of nitrogens with zero attached hydrogens (tertiary/aromatic N) is 5. The van der Waals surface area contributed by atoms with Gasteiger partial charge in [-0.05, 0) is 68.8 Å². The van der Waals surface area contributed by atoms with Crippen LogP contribution in [-0.4, -0.2) is 49.1 Å². The normalized spacial score (nSPS) is 15.2. The maximum atomic E-state index is 14.3. The number of nitrogens with one attached hydrogen (secondary N) is 1. The molecule has 2 aromatic heterocycles. The monoisotopic (exact) mass is 684 g/mol. The Bertz CT molecular complexity index is 1870. The van der Waals surface area contributed by atoms with Crippen LogP contribution in [0.5, 0.6) is 0 Å². The number of fused-ring (bicyclic) bond motifs is 1. The molecule has 0 bridgehead atoms. The van der Waals surface area contributed by atoms with Gasteiger partial charge >= 0.3 is 6.18 Å². The van der Waals surface area contributed by atoms with Crippen LogP contribution in [0.25, 0.3) is 11.6 Å². The zero-order valence-electron chi connectivity index (χ0n) is 25.6. The van der Waals surface area contributed by atoms with Crippen LogP contribution in [0.3, 0.4) is 0 Å². The molecule has 1 atom stereocenters. The molecular formula is C32H32BrF3N6O3. The Hall–Kier alpha value is -4.26. The Morgan fingerprint density at radius 2 is 1.67 bits per heavy atom. The van der Waals surface area contributed by atoms with Crippen LogP contribution in [0.2, 0.25) is 0 Å². The lowest BCUT2D eigenvalue weighted by Crippen LogP contribution is -2.46. The van der Waals surface area contributed by atoms with Gasteiger partial charge in [0.2, 0.25) is 5.95 Å². The van der Waals surface area contributed by atoms with Crippen molar-refractivity contribution in [1.82, 2.24) is 29.5 Å². The smallest absolute Gasteiger partial charge is 0.355 e. The summed E-state index contributed by atoms with van der Waals surface area (Å²) in [6.07, 6.45) is -4.51. The van der Waals surface area contributed by atoms with Crippen molar-refractivity contribution in [3.05, 3.63) is 103 Å².